The van der Waals surface area contributed by atoms with E-state index in [1.54, 1.807) is 12.3 Å². The lowest BCUT2D eigenvalue weighted by atomic mass is 9.96. The van der Waals surface area contributed by atoms with E-state index in [1.807, 2.05) is 42.6 Å². The van der Waals surface area contributed by atoms with E-state index in [4.69, 9.17) is 37.4 Å². The summed E-state index contributed by atoms with van der Waals surface area (Å²) in [4.78, 5) is 8.89. The normalized spacial score (nSPS) is 16.2. The fraction of sp³-hybridized carbons (Fsp3) is 0.341. The van der Waals surface area contributed by atoms with Gasteiger partial charge in [-0.25, -0.2) is 0 Å². The van der Waals surface area contributed by atoms with Gasteiger partial charge in [0.1, 0.15) is 36.5 Å². The van der Waals surface area contributed by atoms with E-state index in [0.717, 1.165) is 71.7 Å². The Kier molecular flexibility index (Phi) is 11.3. The van der Waals surface area contributed by atoms with Gasteiger partial charge in [0.15, 0.2) is 0 Å². The minimum atomic E-state index is 0.240. The van der Waals surface area contributed by atoms with Gasteiger partial charge in [0.25, 0.3) is 0 Å². The molecule has 268 valence electrons. The monoisotopic (exact) mass is 736 g/mol. The number of benzene rings is 3. The number of hydrogen-bond donors (Lipinski definition) is 1. The molecule has 1 fully saturated rings. The fourth-order valence-electron chi connectivity index (χ4n) is 7.11. The Morgan fingerprint density at radius 2 is 1.77 bits per heavy atom. The van der Waals surface area contributed by atoms with E-state index in [-0.39, 0.29) is 6.61 Å². The van der Waals surface area contributed by atoms with E-state index in [0.29, 0.717) is 58.5 Å². The molecule has 2 aliphatic rings. The first-order chi connectivity index (χ1) is 25.3. The highest BCUT2D eigenvalue weighted by molar-refractivity contribution is 6.35. The number of nitriles is 1. The highest BCUT2D eigenvalue weighted by Crippen LogP contribution is 2.39. The van der Waals surface area contributed by atoms with Gasteiger partial charge in [0.2, 0.25) is 0 Å². The van der Waals surface area contributed by atoms with Crippen molar-refractivity contribution in [3.8, 4) is 34.4 Å². The van der Waals surface area contributed by atoms with Crippen LogP contribution in [-0.2, 0) is 32.7 Å². The summed E-state index contributed by atoms with van der Waals surface area (Å²) >= 11 is 13.9. The Morgan fingerprint density at radius 3 is 2.63 bits per heavy atom. The molecule has 52 heavy (non-hydrogen) atoms. The zero-order valence-electron chi connectivity index (χ0n) is 29.5. The minimum absolute atomic E-state index is 0.240. The third kappa shape index (κ3) is 8.38. The molecule has 11 heteroatoms. The fourth-order valence-corrected chi connectivity index (χ4v) is 7.64. The summed E-state index contributed by atoms with van der Waals surface area (Å²) in [6, 6.07) is 19.9. The Labute approximate surface area is 315 Å². The number of H-pyrrole nitrogens is 1. The van der Waals surface area contributed by atoms with Crippen LogP contribution >= 0.6 is 23.2 Å². The predicted molar refractivity (Wildman–Crippen MR) is 203 cm³/mol. The maximum Gasteiger partial charge on any atom is 0.142 e. The zero-order chi connectivity index (χ0) is 36.0. The van der Waals surface area contributed by atoms with Crippen LogP contribution in [0, 0.1) is 24.2 Å². The summed E-state index contributed by atoms with van der Waals surface area (Å²) in [5.74, 6) is 2.38. The van der Waals surface area contributed by atoms with Crippen molar-refractivity contribution in [1.82, 2.24) is 25.0 Å². The van der Waals surface area contributed by atoms with Crippen molar-refractivity contribution in [1.29, 1.82) is 5.26 Å². The van der Waals surface area contributed by atoms with Crippen LogP contribution in [0.3, 0.4) is 0 Å². The molecule has 1 N–H and O–H groups in total. The third-order valence-corrected chi connectivity index (χ3v) is 10.7. The standard InChI is InChI=1S/C41H42Cl2N6O3/c1-27-32(7-3-8-34(27)35-9-4-10-38(41(35)43)50-24-28-6-5-12-48(2)21-28)26-52-40-16-39(51-25-30-14-29(17-44)18-45-19-30)33(15-36(40)42)22-49-13-11-31-20-46-47-37(31)23-49/h3-4,7-10,14-16,18-20,28H,5-6,11-13,21-26H2,1-2H3,(H,46,47). The van der Waals surface area contributed by atoms with Crippen LogP contribution in [0.4, 0.5) is 0 Å². The van der Waals surface area contributed by atoms with Gasteiger partial charge in [0.05, 0.1) is 34.1 Å². The summed E-state index contributed by atoms with van der Waals surface area (Å²) in [7, 11) is 2.17. The number of piperidine rings is 1. The first kappa shape index (κ1) is 35.8. The van der Waals surface area contributed by atoms with Gasteiger partial charge in [-0.05, 0) is 80.2 Å². The summed E-state index contributed by atoms with van der Waals surface area (Å²) in [6.45, 7) is 7.73. The van der Waals surface area contributed by atoms with Gasteiger partial charge in [-0.3, -0.25) is 15.0 Å². The number of pyridine rings is 1. The second-order valence-corrected chi connectivity index (χ2v) is 14.6. The lowest BCUT2D eigenvalue weighted by Crippen LogP contribution is -2.34. The summed E-state index contributed by atoms with van der Waals surface area (Å²) in [6.07, 6.45) is 8.43. The van der Waals surface area contributed by atoms with E-state index in [1.165, 1.54) is 24.6 Å². The van der Waals surface area contributed by atoms with E-state index >= 15 is 0 Å². The number of ether oxygens (including phenoxy) is 3. The summed E-state index contributed by atoms with van der Waals surface area (Å²) in [5, 5.41) is 17.8. The van der Waals surface area contributed by atoms with Gasteiger partial charge in [-0.2, -0.15) is 10.4 Å². The number of halogens is 2. The van der Waals surface area contributed by atoms with Crippen LogP contribution in [0.25, 0.3) is 11.1 Å². The van der Waals surface area contributed by atoms with Crippen LogP contribution in [0.2, 0.25) is 10.0 Å². The molecule has 2 aliphatic heterocycles. The minimum Gasteiger partial charge on any atom is -0.492 e. The number of hydrogen-bond acceptors (Lipinski definition) is 8. The topological polar surface area (TPSA) is 99.5 Å². The van der Waals surface area contributed by atoms with Crippen molar-refractivity contribution in [2.45, 2.75) is 52.5 Å². The first-order valence-electron chi connectivity index (χ1n) is 17.7. The molecule has 2 aromatic heterocycles. The number of fused-ring (bicyclic) bond motifs is 1. The number of aromatic nitrogens is 3. The number of rotatable bonds is 12. The molecule has 3 aromatic carbocycles. The summed E-state index contributed by atoms with van der Waals surface area (Å²) < 4.78 is 19.1. The van der Waals surface area contributed by atoms with Crippen molar-refractivity contribution in [2.24, 2.45) is 5.92 Å². The van der Waals surface area contributed by atoms with Crippen LogP contribution in [0.1, 0.15) is 51.9 Å². The average molecular weight is 738 g/mol. The molecule has 0 bridgehead atoms. The Morgan fingerprint density at radius 1 is 0.923 bits per heavy atom. The van der Waals surface area contributed by atoms with Crippen LogP contribution < -0.4 is 14.2 Å². The number of nitrogens with zero attached hydrogens (tertiary/aromatic N) is 5. The Balaban J connectivity index is 1.09. The van der Waals surface area contributed by atoms with E-state index < -0.39 is 0 Å². The van der Waals surface area contributed by atoms with E-state index in [2.05, 4.69) is 57.2 Å². The Hall–Kier alpha value is -4.59. The van der Waals surface area contributed by atoms with Crippen molar-refractivity contribution < 1.29 is 14.2 Å². The van der Waals surface area contributed by atoms with Crippen LogP contribution in [-0.4, -0.2) is 58.3 Å². The zero-order valence-corrected chi connectivity index (χ0v) is 31.0. The molecule has 0 spiro atoms. The molecule has 0 saturated carbocycles. The highest BCUT2D eigenvalue weighted by atomic mass is 35.5. The molecule has 0 aliphatic carbocycles. The molecule has 1 atom stereocenters. The predicted octanol–water partition coefficient (Wildman–Crippen LogP) is 8.40. The molecule has 7 rings (SSSR count). The highest BCUT2D eigenvalue weighted by Gasteiger charge is 2.22. The lowest BCUT2D eigenvalue weighted by molar-refractivity contribution is 0.150. The maximum absolute atomic E-state index is 9.36. The number of nitrogens with one attached hydrogen (secondary N) is 1. The molecular formula is C41H42Cl2N6O3. The second-order valence-electron chi connectivity index (χ2n) is 13.8. The van der Waals surface area contributed by atoms with Crippen molar-refractivity contribution in [3.05, 3.63) is 122 Å². The van der Waals surface area contributed by atoms with Gasteiger partial charge >= 0.3 is 0 Å². The smallest absolute Gasteiger partial charge is 0.142 e. The van der Waals surface area contributed by atoms with Gasteiger partial charge in [0, 0.05) is 67.2 Å². The molecule has 9 nitrogen and oxygen atoms in total. The van der Waals surface area contributed by atoms with Gasteiger partial charge in [-0.15, -0.1) is 0 Å². The molecule has 0 amide bonds. The average Bonchev–Trinajstić information content (AvgIpc) is 3.63. The first-order valence-corrected chi connectivity index (χ1v) is 18.4. The molecule has 1 unspecified atom stereocenters. The van der Waals surface area contributed by atoms with Crippen molar-refractivity contribution in [2.75, 3.05) is 33.3 Å². The van der Waals surface area contributed by atoms with Gasteiger partial charge < -0.3 is 19.1 Å². The maximum atomic E-state index is 9.36. The second kappa shape index (κ2) is 16.4. The molecular weight excluding hydrogens is 695 g/mol. The SMILES string of the molecule is Cc1c(COc2cc(OCc3cncc(C#N)c3)c(CN3CCc4cn[nH]c4C3)cc2Cl)cccc1-c1cccc(OCC2CCCN(C)C2)c1Cl. The third-order valence-electron chi connectivity index (χ3n) is 9.99. The van der Waals surface area contributed by atoms with Crippen molar-refractivity contribution in [3.63, 3.8) is 0 Å². The molecule has 4 heterocycles. The Bertz CT molecular complexity index is 2080. The van der Waals surface area contributed by atoms with E-state index in [9.17, 15) is 5.26 Å². The molecule has 1 saturated heterocycles. The lowest BCUT2D eigenvalue weighted by Gasteiger charge is -2.29. The van der Waals surface area contributed by atoms with Gasteiger partial charge in [-0.1, -0.05) is 53.5 Å². The summed E-state index contributed by atoms with van der Waals surface area (Å²) in [5.41, 5.74) is 8.62. The molecule has 0 radical (unpaired) electrons. The number of aromatic amines is 1. The largest absolute Gasteiger partial charge is 0.492 e. The van der Waals surface area contributed by atoms with Crippen LogP contribution in [0.15, 0.2) is 73.2 Å². The quantitative estimate of drug-likeness (QED) is 0.136. The van der Waals surface area contributed by atoms with Crippen LogP contribution in [0.5, 0.6) is 17.2 Å². The number of likely N-dealkylation sites (tertiary alicyclic amines) is 1. The van der Waals surface area contributed by atoms with Crippen molar-refractivity contribution >= 4 is 23.2 Å². The molecule has 5 aromatic rings.